The molecule has 0 spiro atoms. The molecule has 1 aliphatic heterocycles. The summed E-state index contributed by atoms with van der Waals surface area (Å²) in [5.74, 6) is 0.374. The molecule has 0 bridgehead atoms. The van der Waals surface area contributed by atoms with Gasteiger partial charge in [0.25, 0.3) is 0 Å². The number of rotatable bonds is 2. The van der Waals surface area contributed by atoms with Gasteiger partial charge in [0.05, 0.1) is 0 Å². The van der Waals surface area contributed by atoms with Crippen molar-refractivity contribution in [1.29, 1.82) is 0 Å². The Morgan fingerprint density at radius 3 is 2.96 bits per heavy atom. The molecule has 6 nitrogen and oxygen atoms in total. The lowest BCUT2D eigenvalue weighted by atomic mass is 9.98. The Hall–Kier alpha value is -1.82. The average Bonchev–Trinajstić information content (AvgIpc) is 2.88. The van der Waals surface area contributed by atoms with E-state index in [1.165, 1.54) is 0 Å². The van der Waals surface area contributed by atoms with Crippen LogP contribution in [0.2, 0.25) is 5.15 Å². The summed E-state index contributed by atoms with van der Waals surface area (Å²) in [5, 5.41) is 9.49. The Morgan fingerprint density at radius 1 is 1.42 bits per heavy atom. The van der Waals surface area contributed by atoms with Crippen LogP contribution in [0.4, 0.5) is 4.79 Å². The van der Waals surface area contributed by atoms with Gasteiger partial charge in [0.2, 0.25) is 0 Å². The van der Waals surface area contributed by atoms with Crippen LogP contribution in [-0.4, -0.2) is 44.4 Å². The number of hydrogen-bond donors (Lipinski definition) is 0. The first-order valence-electron chi connectivity index (χ1n) is 8.28. The number of halogens is 1. The molecule has 7 heteroatoms. The third-order valence-corrected chi connectivity index (χ3v) is 4.29. The average molecular weight is 351 g/mol. The minimum atomic E-state index is -0.463. The van der Waals surface area contributed by atoms with E-state index in [1.807, 2.05) is 44.0 Å². The Labute approximate surface area is 146 Å². The van der Waals surface area contributed by atoms with Crippen LogP contribution in [0, 0.1) is 5.92 Å². The largest absolute Gasteiger partial charge is 0.444 e. The van der Waals surface area contributed by atoms with Crippen molar-refractivity contribution < 1.29 is 9.53 Å². The number of fused-ring (bicyclic) bond motifs is 1. The number of carbonyl (C=O) groups excluding carboxylic acids is 1. The molecule has 0 N–H and O–H groups in total. The maximum Gasteiger partial charge on any atom is 0.410 e. The third-order valence-electron chi connectivity index (χ3n) is 4.10. The van der Waals surface area contributed by atoms with Crippen molar-refractivity contribution in [3.63, 3.8) is 0 Å². The second-order valence-electron chi connectivity index (χ2n) is 7.35. The van der Waals surface area contributed by atoms with Crippen LogP contribution < -0.4 is 0 Å². The molecule has 24 heavy (non-hydrogen) atoms. The van der Waals surface area contributed by atoms with Gasteiger partial charge < -0.3 is 14.2 Å². The fourth-order valence-corrected chi connectivity index (χ4v) is 3.25. The van der Waals surface area contributed by atoms with Gasteiger partial charge in [-0.15, -0.1) is 10.2 Å². The first-order valence-corrected chi connectivity index (χ1v) is 8.65. The van der Waals surface area contributed by atoms with Gasteiger partial charge >= 0.3 is 6.09 Å². The molecule has 0 aliphatic carbocycles. The van der Waals surface area contributed by atoms with Gasteiger partial charge in [-0.25, -0.2) is 4.79 Å². The van der Waals surface area contributed by atoms with Crippen LogP contribution in [0.3, 0.4) is 0 Å². The maximum atomic E-state index is 12.3. The molecule has 2 aromatic heterocycles. The molecule has 1 amide bonds. The van der Waals surface area contributed by atoms with Gasteiger partial charge in [-0.3, -0.25) is 0 Å². The summed E-state index contributed by atoms with van der Waals surface area (Å²) < 4.78 is 7.57. The number of carbonyl (C=O) groups is 1. The molecule has 1 atom stereocenters. The van der Waals surface area contributed by atoms with Crippen molar-refractivity contribution in [2.75, 3.05) is 13.1 Å². The molecule has 1 aliphatic rings. The van der Waals surface area contributed by atoms with Crippen LogP contribution in [0.5, 0.6) is 0 Å². The molecule has 3 rings (SSSR count). The fraction of sp³-hybridized carbons (Fsp3) is 0.588. The third kappa shape index (κ3) is 3.98. The van der Waals surface area contributed by atoms with Crippen molar-refractivity contribution in [2.45, 2.75) is 45.8 Å². The highest BCUT2D eigenvalue weighted by atomic mass is 35.5. The molecule has 1 saturated heterocycles. The number of aromatic nitrogens is 3. The summed E-state index contributed by atoms with van der Waals surface area (Å²) in [6.45, 7) is 7.94. The Morgan fingerprint density at radius 2 is 2.21 bits per heavy atom. The number of ether oxygens (including phenoxy) is 1. The van der Waals surface area contributed by atoms with Crippen molar-refractivity contribution in [3.8, 4) is 0 Å². The normalized spacial score (nSPS) is 18.8. The van der Waals surface area contributed by atoms with E-state index < -0.39 is 5.60 Å². The van der Waals surface area contributed by atoms with Crippen molar-refractivity contribution in [3.05, 3.63) is 23.5 Å². The molecule has 0 aromatic carbocycles. The molecular weight excluding hydrogens is 328 g/mol. The van der Waals surface area contributed by atoms with Crippen LogP contribution in [0.25, 0.3) is 11.0 Å². The molecule has 130 valence electrons. The number of amides is 1. The molecule has 1 unspecified atom stereocenters. The van der Waals surface area contributed by atoms with Crippen molar-refractivity contribution in [2.24, 2.45) is 5.92 Å². The van der Waals surface area contributed by atoms with E-state index in [2.05, 4.69) is 14.8 Å². The summed E-state index contributed by atoms with van der Waals surface area (Å²) in [6.07, 6.45) is 3.85. The highest BCUT2D eigenvalue weighted by Crippen LogP contribution is 2.23. The van der Waals surface area contributed by atoms with Gasteiger partial charge in [0.1, 0.15) is 5.60 Å². The molecular formula is C17H23ClN4O2. The van der Waals surface area contributed by atoms with E-state index in [4.69, 9.17) is 16.3 Å². The fourth-order valence-electron chi connectivity index (χ4n) is 3.09. The van der Waals surface area contributed by atoms with Crippen molar-refractivity contribution in [1.82, 2.24) is 19.7 Å². The zero-order valence-corrected chi connectivity index (χ0v) is 15.1. The first kappa shape index (κ1) is 17.0. The summed E-state index contributed by atoms with van der Waals surface area (Å²) in [5.41, 5.74) is 0.365. The second-order valence-corrected chi connectivity index (χ2v) is 7.74. The maximum absolute atomic E-state index is 12.3. The summed E-state index contributed by atoms with van der Waals surface area (Å²) >= 11 is 5.89. The van der Waals surface area contributed by atoms with E-state index >= 15 is 0 Å². The molecule has 0 radical (unpaired) electrons. The van der Waals surface area contributed by atoms with E-state index in [0.717, 1.165) is 37.0 Å². The van der Waals surface area contributed by atoms with E-state index in [1.54, 1.807) is 0 Å². The van der Waals surface area contributed by atoms with E-state index in [9.17, 15) is 4.79 Å². The number of piperidine rings is 1. The predicted molar refractivity (Wildman–Crippen MR) is 93.1 cm³/mol. The molecule has 3 heterocycles. The second kappa shape index (κ2) is 6.59. The Balaban J connectivity index is 1.67. The van der Waals surface area contributed by atoms with Crippen LogP contribution in [-0.2, 0) is 11.3 Å². The van der Waals surface area contributed by atoms with Crippen LogP contribution in [0.15, 0.2) is 18.3 Å². The van der Waals surface area contributed by atoms with Gasteiger partial charge in [-0.05, 0) is 51.7 Å². The molecule has 2 aromatic rings. The minimum Gasteiger partial charge on any atom is -0.444 e. The Kier molecular flexibility index (Phi) is 4.67. The Bertz CT molecular complexity index is 738. The summed E-state index contributed by atoms with van der Waals surface area (Å²) in [4.78, 5) is 14.1. The monoisotopic (exact) mass is 350 g/mol. The van der Waals surface area contributed by atoms with Gasteiger partial charge in [0.15, 0.2) is 10.8 Å². The van der Waals surface area contributed by atoms with Gasteiger partial charge in [0, 0.05) is 31.2 Å². The predicted octanol–water partition coefficient (Wildman–Crippen LogP) is 3.73. The number of likely N-dealkylation sites (tertiary alicyclic amines) is 1. The number of nitrogens with zero attached hydrogens (tertiary/aromatic N) is 4. The van der Waals surface area contributed by atoms with Gasteiger partial charge in [-0.2, -0.15) is 0 Å². The standard InChI is InChI=1S/C17H23ClN4O2/c1-17(2,3)24-16(23)22-7-4-5-12(11-22)10-21-8-6-13-9-14(18)19-20-15(13)21/h6,8-9,12H,4-5,7,10-11H2,1-3H3. The lowest BCUT2D eigenvalue weighted by Crippen LogP contribution is -2.43. The first-order chi connectivity index (χ1) is 11.3. The molecule has 1 fully saturated rings. The lowest BCUT2D eigenvalue weighted by molar-refractivity contribution is 0.0158. The van der Waals surface area contributed by atoms with Crippen LogP contribution in [0.1, 0.15) is 33.6 Å². The highest BCUT2D eigenvalue weighted by molar-refractivity contribution is 6.29. The van der Waals surface area contributed by atoms with Crippen molar-refractivity contribution >= 4 is 28.7 Å². The lowest BCUT2D eigenvalue weighted by Gasteiger charge is -2.34. The van der Waals surface area contributed by atoms with E-state index in [-0.39, 0.29) is 6.09 Å². The van der Waals surface area contributed by atoms with Crippen LogP contribution >= 0.6 is 11.6 Å². The quantitative estimate of drug-likeness (QED) is 0.828. The van der Waals surface area contributed by atoms with Gasteiger partial charge in [-0.1, -0.05) is 11.6 Å². The molecule has 0 saturated carbocycles. The SMILES string of the molecule is CC(C)(C)OC(=O)N1CCCC(Cn2ccc3cc(Cl)nnc32)C1. The summed E-state index contributed by atoms with van der Waals surface area (Å²) in [7, 11) is 0. The zero-order valence-electron chi connectivity index (χ0n) is 14.3. The smallest absolute Gasteiger partial charge is 0.410 e. The number of hydrogen-bond acceptors (Lipinski definition) is 4. The minimum absolute atomic E-state index is 0.226. The topological polar surface area (TPSA) is 60.2 Å². The zero-order chi connectivity index (χ0) is 17.3. The summed E-state index contributed by atoms with van der Waals surface area (Å²) in [6, 6.07) is 3.80. The van der Waals surface area contributed by atoms with E-state index in [0.29, 0.717) is 17.6 Å². The highest BCUT2D eigenvalue weighted by Gasteiger charge is 2.28.